The van der Waals surface area contributed by atoms with Crippen LogP contribution in [-0.2, 0) is 39.6 Å². The van der Waals surface area contributed by atoms with Crippen molar-refractivity contribution in [2.45, 2.75) is 44.1 Å². The summed E-state index contributed by atoms with van der Waals surface area (Å²) in [5, 5.41) is 4.08. The minimum absolute atomic E-state index is 0.0290. The molecule has 2 aliphatic heterocycles. The predicted molar refractivity (Wildman–Crippen MR) is 107 cm³/mol. The number of hydrogen-bond donors (Lipinski definition) is 2. The summed E-state index contributed by atoms with van der Waals surface area (Å²) in [7, 11) is 0. The number of carbonyl (C=O) groups excluding carboxylic acids is 4. The fraction of sp³-hybridized carbons (Fsp3) is 0.318. The van der Waals surface area contributed by atoms with E-state index in [4.69, 9.17) is 0 Å². The first kappa shape index (κ1) is 24.2. The molecule has 0 aliphatic carbocycles. The van der Waals surface area contributed by atoms with Gasteiger partial charge in [-0.25, -0.2) is 0 Å². The van der Waals surface area contributed by atoms with Crippen LogP contribution >= 0.6 is 0 Å². The Morgan fingerprint density at radius 1 is 1.14 bits per heavy atom. The third-order valence-corrected chi connectivity index (χ3v) is 5.74. The summed E-state index contributed by atoms with van der Waals surface area (Å²) < 4.78 is 68.3. The van der Waals surface area contributed by atoms with Crippen molar-refractivity contribution in [1.82, 2.24) is 20.5 Å². The van der Waals surface area contributed by atoms with Gasteiger partial charge < -0.3 is 10.2 Å². The standard InChI is InChI=1S/C22H17F5N4O4/c23-21(24,17-14(22(25,26)27)2-1-7-28-17)20(35)29-9-11-3-4-13-12(8-11)10-31(19(13)34)15-5-6-16(32)30-18(15)33/h1-4,7-8,15H,5-6,9-10H2,(H,29,35)(H,30,32,33). The zero-order valence-corrected chi connectivity index (χ0v) is 17.8. The van der Waals surface area contributed by atoms with Crippen molar-refractivity contribution in [2.75, 3.05) is 0 Å². The average Bonchev–Trinajstić information content (AvgIpc) is 3.12. The predicted octanol–water partition coefficient (Wildman–Crippen LogP) is 2.27. The van der Waals surface area contributed by atoms with Gasteiger partial charge in [0.15, 0.2) is 0 Å². The number of halogens is 5. The number of nitrogens with zero attached hydrogens (tertiary/aromatic N) is 2. The Bertz CT molecular complexity index is 1230. The van der Waals surface area contributed by atoms with Gasteiger partial charge in [0.2, 0.25) is 11.8 Å². The van der Waals surface area contributed by atoms with Crippen molar-refractivity contribution in [1.29, 1.82) is 0 Å². The highest BCUT2D eigenvalue weighted by molar-refractivity contribution is 6.05. The number of imide groups is 1. The molecule has 1 unspecified atom stereocenters. The molecule has 184 valence electrons. The third kappa shape index (κ3) is 4.57. The minimum Gasteiger partial charge on any atom is -0.346 e. The van der Waals surface area contributed by atoms with Gasteiger partial charge in [-0.3, -0.25) is 29.5 Å². The number of alkyl halides is 5. The second-order valence-electron chi connectivity index (χ2n) is 8.05. The molecule has 0 spiro atoms. The van der Waals surface area contributed by atoms with Crippen LogP contribution in [0.4, 0.5) is 22.0 Å². The van der Waals surface area contributed by atoms with E-state index in [1.54, 1.807) is 0 Å². The van der Waals surface area contributed by atoms with E-state index in [0.717, 1.165) is 12.3 Å². The Labute approximate surface area is 194 Å². The topological polar surface area (TPSA) is 108 Å². The lowest BCUT2D eigenvalue weighted by molar-refractivity contribution is -0.154. The molecule has 2 aromatic rings. The Balaban J connectivity index is 1.46. The van der Waals surface area contributed by atoms with Crippen LogP contribution in [0.25, 0.3) is 0 Å². The van der Waals surface area contributed by atoms with Gasteiger partial charge in [-0.05, 0) is 35.7 Å². The van der Waals surface area contributed by atoms with Gasteiger partial charge >= 0.3 is 12.1 Å². The molecule has 0 saturated carbocycles. The summed E-state index contributed by atoms with van der Waals surface area (Å²) in [6.45, 7) is -0.427. The molecule has 1 atom stereocenters. The molecular formula is C22H17F5N4O4. The van der Waals surface area contributed by atoms with Crippen LogP contribution in [0.15, 0.2) is 36.5 Å². The Morgan fingerprint density at radius 3 is 2.57 bits per heavy atom. The molecule has 1 aromatic heterocycles. The van der Waals surface area contributed by atoms with Crippen molar-refractivity contribution in [3.63, 3.8) is 0 Å². The van der Waals surface area contributed by atoms with Gasteiger partial charge in [0.1, 0.15) is 11.7 Å². The lowest BCUT2D eigenvalue weighted by atomic mass is 10.0. The molecule has 0 bridgehead atoms. The third-order valence-electron chi connectivity index (χ3n) is 5.74. The molecule has 13 heteroatoms. The van der Waals surface area contributed by atoms with Crippen LogP contribution < -0.4 is 10.6 Å². The van der Waals surface area contributed by atoms with Crippen molar-refractivity contribution in [2.24, 2.45) is 0 Å². The molecule has 35 heavy (non-hydrogen) atoms. The fourth-order valence-corrected chi connectivity index (χ4v) is 4.02. The maximum atomic E-state index is 14.5. The molecule has 2 aliphatic rings. The van der Waals surface area contributed by atoms with E-state index in [-0.39, 0.29) is 24.9 Å². The first-order chi connectivity index (χ1) is 16.4. The van der Waals surface area contributed by atoms with E-state index in [2.05, 4.69) is 10.3 Å². The Hall–Kier alpha value is -3.90. The number of fused-ring (bicyclic) bond motifs is 1. The maximum absolute atomic E-state index is 14.5. The van der Waals surface area contributed by atoms with Crippen LogP contribution in [0, 0.1) is 0 Å². The molecule has 1 saturated heterocycles. The van der Waals surface area contributed by atoms with Crippen molar-refractivity contribution >= 4 is 23.6 Å². The summed E-state index contributed by atoms with van der Waals surface area (Å²) in [4.78, 5) is 52.7. The number of carbonyl (C=O) groups is 4. The van der Waals surface area contributed by atoms with Crippen molar-refractivity contribution in [3.8, 4) is 0 Å². The van der Waals surface area contributed by atoms with E-state index in [1.807, 2.05) is 5.32 Å². The number of rotatable bonds is 5. The van der Waals surface area contributed by atoms with Gasteiger partial charge in [-0.15, -0.1) is 0 Å². The van der Waals surface area contributed by atoms with E-state index in [1.165, 1.54) is 23.1 Å². The van der Waals surface area contributed by atoms with Gasteiger partial charge in [-0.1, -0.05) is 12.1 Å². The highest BCUT2D eigenvalue weighted by atomic mass is 19.4. The largest absolute Gasteiger partial charge is 0.418 e. The molecule has 8 nitrogen and oxygen atoms in total. The summed E-state index contributed by atoms with van der Waals surface area (Å²) in [5.74, 6) is -7.99. The number of pyridine rings is 1. The summed E-state index contributed by atoms with van der Waals surface area (Å²) in [6, 6.07) is 4.68. The van der Waals surface area contributed by atoms with E-state index < -0.39 is 59.6 Å². The van der Waals surface area contributed by atoms with E-state index in [9.17, 15) is 41.1 Å². The highest BCUT2D eigenvalue weighted by Gasteiger charge is 2.49. The lowest BCUT2D eigenvalue weighted by Crippen LogP contribution is -2.52. The first-order valence-electron chi connectivity index (χ1n) is 10.3. The summed E-state index contributed by atoms with van der Waals surface area (Å²) in [6.07, 6.45) is -4.16. The number of benzene rings is 1. The van der Waals surface area contributed by atoms with Gasteiger partial charge in [0.25, 0.3) is 11.8 Å². The monoisotopic (exact) mass is 496 g/mol. The van der Waals surface area contributed by atoms with Crippen LogP contribution in [0.2, 0.25) is 0 Å². The molecule has 0 radical (unpaired) electrons. The molecular weight excluding hydrogens is 479 g/mol. The van der Waals surface area contributed by atoms with Crippen molar-refractivity contribution < 1.29 is 41.1 Å². The number of aromatic nitrogens is 1. The van der Waals surface area contributed by atoms with Crippen LogP contribution in [0.1, 0.15) is 45.6 Å². The molecule has 1 aromatic carbocycles. The molecule has 2 N–H and O–H groups in total. The van der Waals surface area contributed by atoms with Crippen LogP contribution in [0.5, 0.6) is 0 Å². The average molecular weight is 496 g/mol. The SMILES string of the molecule is O=C1CCC(N2Cc3cc(CNC(=O)C(F)(F)c4ncccc4C(F)(F)F)ccc3C2=O)C(=O)N1. The van der Waals surface area contributed by atoms with Crippen LogP contribution in [0.3, 0.4) is 0 Å². The molecule has 4 amide bonds. The molecule has 4 rings (SSSR count). The van der Waals surface area contributed by atoms with Gasteiger partial charge in [0, 0.05) is 31.3 Å². The maximum Gasteiger partial charge on any atom is 0.418 e. The quantitative estimate of drug-likeness (QED) is 0.488. The first-order valence-corrected chi connectivity index (χ1v) is 10.3. The van der Waals surface area contributed by atoms with Gasteiger partial charge in [-0.2, -0.15) is 22.0 Å². The second-order valence-corrected chi connectivity index (χ2v) is 8.05. The minimum atomic E-state index is -5.13. The summed E-state index contributed by atoms with van der Waals surface area (Å²) >= 11 is 0. The zero-order chi connectivity index (χ0) is 25.5. The lowest BCUT2D eigenvalue weighted by Gasteiger charge is -2.29. The smallest absolute Gasteiger partial charge is 0.346 e. The zero-order valence-electron chi connectivity index (χ0n) is 17.8. The molecule has 3 heterocycles. The number of amides is 4. The highest BCUT2D eigenvalue weighted by Crippen LogP contribution is 2.38. The Kier molecular flexibility index (Phi) is 6.03. The summed E-state index contributed by atoms with van der Waals surface area (Å²) in [5.41, 5.74) is -2.36. The number of piperidine rings is 1. The van der Waals surface area contributed by atoms with Crippen LogP contribution in [-0.4, -0.2) is 39.6 Å². The Morgan fingerprint density at radius 2 is 1.89 bits per heavy atom. The normalized spacial score (nSPS) is 18.4. The molecule has 1 fully saturated rings. The van der Waals surface area contributed by atoms with E-state index >= 15 is 0 Å². The fourth-order valence-electron chi connectivity index (χ4n) is 4.02. The number of nitrogens with one attached hydrogen (secondary N) is 2. The van der Waals surface area contributed by atoms with E-state index in [0.29, 0.717) is 17.2 Å². The number of hydrogen-bond acceptors (Lipinski definition) is 5. The van der Waals surface area contributed by atoms with Crippen molar-refractivity contribution in [3.05, 3.63) is 64.5 Å². The second kappa shape index (κ2) is 8.71. The van der Waals surface area contributed by atoms with Gasteiger partial charge in [0.05, 0.1) is 5.56 Å².